The molecule has 1 unspecified atom stereocenters. The minimum absolute atomic E-state index is 0.313. The molecule has 0 saturated heterocycles. The number of ether oxygens (including phenoxy) is 1. The number of aryl methyl sites for hydroxylation is 1. The van der Waals surface area contributed by atoms with Crippen LogP contribution in [0.5, 0.6) is 0 Å². The van der Waals surface area contributed by atoms with Crippen molar-refractivity contribution in [1.29, 1.82) is 0 Å². The second-order valence-corrected chi connectivity index (χ2v) is 7.73. The fourth-order valence-electron chi connectivity index (χ4n) is 3.13. The molecule has 0 N–H and O–H groups in total. The molecule has 0 aliphatic carbocycles. The van der Waals surface area contributed by atoms with E-state index in [2.05, 4.69) is 10.2 Å². The van der Waals surface area contributed by atoms with E-state index in [9.17, 15) is 4.79 Å². The van der Waals surface area contributed by atoms with E-state index in [0.29, 0.717) is 11.6 Å². The monoisotopic (exact) mass is 400 g/mol. The Morgan fingerprint density at radius 3 is 2.81 bits per heavy atom. The number of carbonyl (C=O) groups excluding carboxylic acids is 1. The molecular formula is C19H17ClN4O2S. The van der Waals surface area contributed by atoms with Crippen molar-refractivity contribution in [2.45, 2.75) is 33.4 Å². The zero-order valence-corrected chi connectivity index (χ0v) is 16.6. The van der Waals surface area contributed by atoms with Crippen molar-refractivity contribution in [2.75, 3.05) is 0 Å². The summed E-state index contributed by atoms with van der Waals surface area (Å²) in [4.78, 5) is 17.1. The third-order valence-electron chi connectivity index (χ3n) is 4.33. The summed E-state index contributed by atoms with van der Waals surface area (Å²) in [6.45, 7) is 5.60. The standard InChI is InChI=1S/C19H17ClN4O2S/c1-10(26-12(3)25)16-8-14-18(13-6-4-5-7-15(13)20)21-9-17-23-22-11(2)24(17)19(14)27-16/h4-8,10H,9H2,1-3H3. The number of rotatable bonds is 3. The van der Waals surface area contributed by atoms with Gasteiger partial charge in [0.25, 0.3) is 0 Å². The topological polar surface area (TPSA) is 69.4 Å². The van der Waals surface area contributed by atoms with Crippen molar-refractivity contribution >= 4 is 34.6 Å². The number of carbonyl (C=O) groups is 1. The minimum Gasteiger partial charge on any atom is -0.457 e. The number of benzene rings is 1. The van der Waals surface area contributed by atoms with E-state index in [4.69, 9.17) is 21.3 Å². The molecule has 138 valence electrons. The van der Waals surface area contributed by atoms with Gasteiger partial charge in [-0.25, -0.2) is 0 Å². The average Bonchev–Trinajstić information content (AvgIpc) is 3.16. The summed E-state index contributed by atoms with van der Waals surface area (Å²) in [5.41, 5.74) is 2.60. The number of fused-ring (bicyclic) bond motifs is 3. The third-order valence-corrected chi connectivity index (χ3v) is 5.94. The van der Waals surface area contributed by atoms with Crippen molar-refractivity contribution in [1.82, 2.24) is 14.8 Å². The van der Waals surface area contributed by atoms with Crippen LogP contribution in [0, 0.1) is 6.92 Å². The maximum atomic E-state index is 11.4. The lowest BCUT2D eigenvalue weighted by Crippen LogP contribution is -2.06. The maximum absolute atomic E-state index is 11.4. The van der Waals surface area contributed by atoms with Crippen molar-refractivity contribution in [3.05, 3.63) is 63.0 Å². The highest BCUT2D eigenvalue weighted by Gasteiger charge is 2.27. The SMILES string of the molecule is CC(=O)OC(C)c1cc2c(s1)-n1c(C)nnc1CN=C2c1ccccc1Cl. The first-order valence-corrected chi connectivity index (χ1v) is 9.67. The van der Waals surface area contributed by atoms with Gasteiger partial charge in [0.15, 0.2) is 5.82 Å². The molecule has 0 fully saturated rings. The second kappa shape index (κ2) is 6.90. The van der Waals surface area contributed by atoms with E-state index >= 15 is 0 Å². The Bertz CT molecular complexity index is 1070. The van der Waals surface area contributed by atoms with E-state index in [-0.39, 0.29) is 12.1 Å². The molecule has 1 aliphatic rings. The molecule has 27 heavy (non-hydrogen) atoms. The van der Waals surface area contributed by atoms with Gasteiger partial charge >= 0.3 is 5.97 Å². The van der Waals surface area contributed by atoms with Gasteiger partial charge in [-0.1, -0.05) is 29.8 Å². The van der Waals surface area contributed by atoms with Crippen LogP contribution < -0.4 is 0 Å². The van der Waals surface area contributed by atoms with Crippen LogP contribution in [0.25, 0.3) is 5.00 Å². The molecule has 3 aromatic rings. The number of nitrogens with zero attached hydrogens (tertiary/aromatic N) is 4. The lowest BCUT2D eigenvalue weighted by Gasteiger charge is -2.09. The number of hydrogen-bond acceptors (Lipinski definition) is 6. The van der Waals surface area contributed by atoms with Crippen LogP contribution in [-0.4, -0.2) is 26.4 Å². The summed E-state index contributed by atoms with van der Waals surface area (Å²) in [5, 5.41) is 10.1. The average molecular weight is 401 g/mol. The van der Waals surface area contributed by atoms with Crippen molar-refractivity contribution in [2.24, 2.45) is 4.99 Å². The third kappa shape index (κ3) is 3.17. The van der Waals surface area contributed by atoms with Crippen LogP contribution in [0.3, 0.4) is 0 Å². The van der Waals surface area contributed by atoms with Crippen LogP contribution in [0.1, 0.15) is 47.6 Å². The predicted molar refractivity (Wildman–Crippen MR) is 105 cm³/mol. The summed E-state index contributed by atoms with van der Waals surface area (Å²) < 4.78 is 7.39. The maximum Gasteiger partial charge on any atom is 0.303 e. The van der Waals surface area contributed by atoms with Gasteiger partial charge in [0.2, 0.25) is 0 Å². The van der Waals surface area contributed by atoms with Gasteiger partial charge in [-0.05, 0) is 26.0 Å². The Morgan fingerprint density at radius 1 is 1.30 bits per heavy atom. The normalized spacial score (nSPS) is 14.0. The summed E-state index contributed by atoms with van der Waals surface area (Å²) in [7, 11) is 0. The van der Waals surface area contributed by atoms with Crippen LogP contribution in [0.4, 0.5) is 0 Å². The second-order valence-electron chi connectivity index (χ2n) is 6.26. The number of hydrogen-bond donors (Lipinski definition) is 0. The van der Waals surface area contributed by atoms with Crippen LogP contribution in [0.2, 0.25) is 5.02 Å². The van der Waals surface area contributed by atoms with Gasteiger partial charge in [0.1, 0.15) is 23.5 Å². The molecule has 0 spiro atoms. The highest BCUT2D eigenvalue weighted by molar-refractivity contribution is 7.15. The molecule has 0 amide bonds. The summed E-state index contributed by atoms with van der Waals surface area (Å²) >= 11 is 8.00. The van der Waals surface area contributed by atoms with E-state index in [0.717, 1.165) is 38.4 Å². The molecule has 0 bridgehead atoms. The van der Waals surface area contributed by atoms with Gasteiger partial charge in [0, 0.05) is 28.0 Å². The summed E-state index contributed by atoms with van der Waals surface area (Å²) in [5.74, 6) is 1.24. The highest BCUT2D eigenvalue weighted by atomic mass is 35.5. The zero-order chi connectivity index (χ0) is 19.1. The number of thiophene rings is 1. The first kappa shape index (κ1) is 17.9. The molecule has 1 atom stereocenters. The van der Waals surface area contributed by atoms with Crippen LogP contribution >= 0.6 is 22.9 Å². The van der Waals surface area contributed by atoms with Crippen LogP contribution in [0.15, 0.2) is 35.3 Å². The smallest absolute Gasteiger partial charge is 0.303 e. The van der Waals surface area contributed by atoms with Crippen molar-refractivity contribution < 1.29 is 9.53 Å². The zero-order valence-electron chi connectivity index (χ0n) is 15.1. The molecule has 2 aromatic heterocycles. The fraction of sp³-hybridized carbons (Fsp3) is 0.263. The Kier molecular flexibility index (Phi) is 4.57. The Labute approximate surface area is 165 Å². The largest absolute Gasteiger partial charge is 0.457 e. The number of esters is 1. The summed E-state index contributed by atoms with van der Waals surface area (Å²) in [6.07, 6.45) is -0.354. The molecule has 4 rings (SSSR count). The Balaban J connectivity index is 1.92. The van der Waals surface area contributed by atoms with Crippen molar-refractivity contribution in [3.63, 3.8) is 0 Å². The highest BCUT2D eigenvalue weighted by Crippen LogP contribution is 2.37. The molecular weight excluding hydrogens is 384 g/mol. The molecule has 3 heterocycles. The molecule has 8 heteroatoms. The lowest BCUT2D eigenvalue weighted by atomic mass is 10.0. The van der Waals surface area contributed by atoms with E-state index in [1.54, 1.807) is 11.3 Å². The van der Waals surface area contributed by atoms with E-state index in [1.165, 1.54) is 6.92 Å². The minimum atomic E-state index is -0.354. The molecule has 0 saturated carbocycles. The Morgan fingerprint density at radius 2 is 2.07 bits per heavy atom. The van der Waals surface area contributed by atoms with Crippen LogP contribution in [-0.2, 0) is 16.1 Å². The van der Waals surface area contributed by atoms with Gasteiger partial charge in [0.05, 0.1) is 5.71 Å². The predicted octanol–water partition coefficient (Wildman–Crippen LogP) is 4.27. The first-order chi connectivity index (χ1) is 13.0. The first-order valence-electron chi connectivity index (χ1n) is 8.47. The lowest BCUT2D eigenvalue weighted by molar-refractivity contribution is -0.145. The number of aromatic nitrogens is 3. The number of aliphatic imine (C=N–C) groups is 1. The van der Waals surface area contributed by atoms with Gasteiger partial charge in [-0.2, -0.15) is 0 Å². The van der Waals surface area contributed by atoms with E-state index in [1.807, 2.05) is 48.7 Å². The van der Waals surface area contributed by atoms with E-state index < -0.39 is 0 Å². The summed E-state index contributed by atoms with van der Waals surface area (Å²) in [6, 6.07) is 9.66. The quantitative estimate of drug-likeness (QED) is 0.616. The van der Waals surface area contributed by atoms with Gasteiger partial charge in [-0.15, -0.1) is 21.5 Å². The molecule has 1 aliphatic heterocycles. The molecule has 1 aromatic carbocycles. The fourth-order valence-corrected chi connectivity index (χ4v) is 4.57. The Hall–Kier alpha value is -2.51. The number of halogens is 1. The molecule has 6 nitrogen and oxygen atoms in total. The van der Waals surface area contributed by atoms with Gasteiger partial charge < -0.3 is 4.74 Å². The van der Waals surface area contributed by atoms with Gasteiger partial charge in [-0.3, -0.25) is 14.4 Å². The van der Waals surface area contributed by atoms with Crippen molar-refractivity contribution in [3.8, 4) is 5.00 Å². The molecule has 0 radical (unpaired) electrons.